The molecule has 2 rings (SSSR count). The second-order valence-electron chi connectivity index (χ2n) is 4.10. The maximum absolute atomic E-state index is 12.6. The Bertz CT molecular complexity index is 636. The van der Waals surface area contributed by atoms with Crippen LogP contribution >= 0.6 is 11.3 Å². The maximum atomic E-state index is 12.6. The van der Waals surface area contributed by atoms with Crippen molar-refractivity contribution in [1.29, 1.82) is 0 Å². The molecule has 0 aliphatic carbocycles. The molecule has 4 nitrogen and oxygen atoms in total. The predicted octanol–water partition coefficient (Wildman–Crippen LogP) is 2.94. The molecule has 0 aliphatic rings. The van der Waals surface area contributed by atoms with E-state index in [-0.39, 0.29) is 0 Å². The van der Waals surface area contributed by atoms with E-state index in [2.05, 4.69) is 0 Å². The van der Waals surface area contributed by atoms with Gasteiger partial charge in [0.2, 0.25) is 0 Å². The van der Waals surface area contributed by atoms with Crippen LogP contribution in [-0.4, -0.2) is 15.0 Å². The number of nitrogen functional groups attached to an aromatic ring is 1. The van der Waals surface area contributed by atoms with Gasteiger partial charge < -0.3 is 5.73 Å². The smallest absolute Gasteiger partial charge is 0.273 e. The fourth-order valence-electron chi connectivity index (χ4n) is 1.79. The van der Waals surface area contributed by atoms with E-state index in [1.54, 1.807) is 41.8 Å². The average molecular weight is 296 g/mol. The van der Waals surface area contributed by atoms with Crippen LogP contribution in [0.4, 0.5) is 11.4 Å². The lowest BCUT2D eigenvalue weighted by atomic mass is 10.3. The highest BCUT2D eigenvalue weighted by Crippen LogP contribution is 2.27. The van der Waals surface area contributed by atoms with E-state index in [9.17, 15) is 8.42 Å². The predicted molar refractivity (Wildman–Crippen MR) is 80.0 cm³/mol. The van der Waals surface area contributed by atoms with Gasteiger partial charge in [-0.1, -0.05) is 19.1 Å². The van der Waals surface area contributed by atoms with Crippen LogP contribution in [0, 0.1) is 0 Å². The molecule has 0 bridgehead atoms. The normalized spacial score (nSPS) is 11.4. The molecular formula is C13H16N2O2S2. The zero-order chi connectivity index (χ0) is 13.9. The van der Waals surface area contributed by atoms with E-state index in [0.29, 0.717) is 22.1 Å². The van der Waals surface area contributed by atoms with E-state index in [1.165, 1.54) is 15.6 Å². The van der Waals surface area contributed by atoms with Crippen LogP contribution < -0.4 is 10.0 Å². The van der Waals surface area contributed by atoms with Crippen molar-refractivity contribution in [2.75, 3.05) is 16.6 Å². The molecule has 0 fully saturated rings. The molecule has 0 amide bonds. The monoisotopic (exact) mass is 296 g/mol. The van der Waals surface area contributed by atoms with Crippen LogP contribution in [0.1, 0.15) is 13.3 Å². The number of rotatable bonds is 5. The van der Waals surface area contributed by atoms with Crippen molar-refractivity contribution in [2.45, 2.75) is 17.6 Å². The van der Waals surface area contributed by atoms with Gasteiger partial charge >= 0.3 is 0 Å². The van der Waals surface area contributed by atoms with Gasteiger partial charge in [-0.15, -0.1) is 11.3 Å². The van der Waals surface area contributed by atoms with Crippen molar-refractivity contribution in [2.24, 2.45) is 0 Å². The van der Waals surface area contributed by atoms with Gasteiger partial charge in [0.1, 0.15) is 4.21 Å². The molecule has 6 heteroatoms. The summed E-state index contributed by atoms with van der Waals surface area (Å²) in [5.74, 6) is 0. The molecule has 0 saturated carbocycles. The quantitative estimate of drug-likeness (QED) is 0.863. The molecule has 19 heavy (non-hydrogen) atoms. The third kappa shape index (κ3) is 2.90. The molecule has 0 spiro atoms. The highest BCUT2D eigenvalue weighted by atomic mass is 32.2. The molecule has 1 heterocycles. The first-order valence-electron chi connectivity index (χ1n) is 5.97. The van der Waals surface area contributed by atoms with Gasteiger partial charge in [0, 0.05) is 12.2 Å². The fraction of sp³-hybridized carbons (Fsp3) is 0.231. The van der Waals surface area contributed by atoms with Crippen LogP contribution in [0.3, 0.4) is 0 Å². The summed E-state index contributed by atoms with van der Waals surface area (Å²) in [6.45, 7) is 2.38. The zero-order valence-corrected chi connectivity index (χ0v) is 12.2. The lowest BCUT2D eigenvalue weighted by Gasteiger charge is -2.23. The van der Waals surface area contributed by atoms with Gasteiger partial charge in [0.15, 0.2) is 0 Å². The van der Waals surface area contributed by atoms with Gasteiger partial charge in [0.05, 0.1) is 5.69 Å². The number of anilines is 2. The van der Waals surface area contributed by atoms with Crippen molar-refractivity contribution in [3.8, 4) is 0 Å². The van der Waals surface area contributed by atoms with Crippen molar-refractivity contribution < 1.29 is 8.42 Å². The molecule has 1 aromatic carbocycles. The number of thiophene rings is 1. The number of hydrogen-bond donors (Lipinski definition) is 1. The summed E-state index contributed by atoms with van der Waals surface area (Å²) in [5.41, 5.74) is 6.90. The number of benzene rings is 1. The minimum absolute atomic E-state index is 0.350. The van der Waals surface area contributed by atoms with E-state index in [0.717, 1.165) is 6.42 Å². The molecule has 0 aliphatic heterocycles. The third-order valence-electron chi connectivity index (χ3n) is 2.62. The fourth-order valence-corrected chi connectivity index (χ4v) is 4.44. The number of sulfonamides is 1. The van der Waals surface area contributed by atoms with Crippen LogP contribution in [-0.2, 0) is 10.0 Å². The summed E-state index contributed by atoms with van der Waals surface area (Å²) in [7, 11) is -3.49. The zero-order valence-electron chi connectivity index (χ0n) is 10.6. The summed E-state index contributed by atoms with van der Waals surface area (Å²) in [6, 6.07) is 10.3. The maximum Gasteiger partial charge on any atom is 0.273 e. The summed E-state index contributed by atoms with van der Waals surface area (Å²) in [5, 5.41) is 1.76. The lowest BCUT2D eigenvalue weighted by molar-refractivity contribution is 0.592. The summed E-state index contributed by atoms with van der Waals surface area (Å²) in [6.07, 6.45) is 0.736. The van der Waals surface area contributed by atoms with Crippen LogP contribution in [0.25, 0.3) is 0 Å². The Labute approximate surface area is 117 Å². The Morgan fingerprint density at radius 3 is 2.63 bits per heavy atom. The van der Waals surface area contributed by atoms with E-state index in [1.807, 2.05) is 6.92 Å². The SMILES string of the molecule is CCCN(c1cccc(N)c1)S(=O)(=O)c1cccs1. The summed E-state index contributed by atoms with van der Waals surface area (Å²) >= 11 is 1.22. The Morgan fingerprint density at radius 1 is 1.26 bits per heavy atom. The Kier molecular flexibility index (Phi) is 4.11. The molecule has 2 aromatic rings. The van der Waals surface area contributed by atoms with Crippen molar-refractivity contribution in [3.05, 3.63) is 41.8 Å². The largest absolute Gasteiger partial charge is 0.399 e. The van der Waals surface area contributed by atoms with E-state index in [4.69, 9.17) is 5.73 Å². The van der Waals surface area contributed by atoms with Crippen molar-refractivity contribution in [1.82, 2.24) is 0 Å². The molecular weight excluding hydrogens is 280 g/mol. The minimum Gasteiger partial charge on any atom is -0.399 e. The summed E-state index contributed by atoms with van der Waals surface area (Å²) in [4.78, 5) is 0. The molecule has 1 aromatic heterocycles. The molecule has 102 valence electrons. The van der Waals surface area contributed by atoms with Gasteiger partial charge in [-0.05, 0) is 36.1 Å². The first-order chi connectivity index (χ1) is 9.05. The van der Waals surface area contributed by atoms with E-state index >= 15 is 0 Å². The molecule has 0 saturated heterocycles. The lowest BCUT2D eigenvalue weighted by Crippen LogP contribution is -2.31. The molecule has 0 unspecified atom stereocenters. The van der Waals surface area contributed by atoms with Gasteiger partial charge in [0.25, 0.3) is 10.0 Å². The van der Waals surface area contributed by atoms with Crippen LogP contribution in [0.5, 0.6) is 0 Å². The van der Waals surface area contributed by atoms with Crippen LogP contribution in [0.15, 0.2) is 46.0 Å². The number of nitrogens with two attached hydrogens (primary N) is 1. The highest BCUT2D eigenvalue weighted by molar-refractivity contribution is 7.94. The minimum atomic E-state index is -3.49. The second-order valence-corrected chi connectivity index (χ2v) is 7.14. The Hall–Kier alpha value is -1.53. The first-order valence-corrected chi connectivity index (χ1v) is 8.29. The number of nitrogens with zero attached hydrogens (tertiary/aromatic N) is 1. The Morgan fingerprint density at radius 2 is 2.05 bits per heavy atom. The highest BCUT2D eigenvalue weighted by Gasteiger charge is 2.25. The molecule has 0 atom stereocenters. The van der Waals surface area contributed by atoms with E-state index < -0.39 is 10.0 Å². The summed E-state index contributed by atoms with van der Waals surface area (Å²) < 4.78 is 26.9. The van der Waals surface area contributed by atoms with Gasteiger partial charge in [-0.3, -0.25) is 4.31 Å². The van der Waals surface area contributed by atoms with Gasteiger partial charge in [-0.25, -0.2) is 8.42 Å². The topological polar surface area (TPSA) is 63.4 Å². The van der Waals surface area contributed by atoms with Crippen molar-refractivity contribution in [3.63, 3.8) is 0 Å². The average Bonchev–Trinajstić information content (AvgIpc) is 2.90. The standard InChI is InChI=1S/C13H16N2O2S2/c1-2-8-15(12-6-3-5-11(14)10-12)19(16,17)13-7-4-9-18-13/h3-7,9-10H,2,8,14H2,1H3. The molecule has 2 N–H and O–H groups in total. The molecule has 0 radical (unpaired) electrons. The van der Waals surface area contributed by atoms with Gasteiger partial charge in [-0.2, -0.15) is 0 Å². The second kappa shape index (κ2) is 5.63. The van der Waals surface area contributed by atoms with Crippen molar-refractivity contribution >= 4 is 32.7 Å². The third-order valence-corrected chi connectivity index (χ3v) is 5.82. The Balaban J connectivity index is 2.46. The van der Waals surface area contributed by atoms with Crippen LogP contribution in [0.2, 0.25) is 0 Å². The number of hydrogen-bond acceptors (Lipinski definition) is 4. The first kappa shape index (κ1) is 13.9.